The summed E-state index contributed by atoms with van der Waals surface area (Å²) in [5, 5.41) is 12.0. The normalized spacial score (nSPS) is 31.4. The number of likely N-dealkylation sites (tertiary alicyclic amines) is 1. The van der Waals surface area contributed by atoms with Gasteiger partial charge in [0.15, 0.2) is 0 Å². The van der Waals surface area contributed by atoms with E-state index in [0.717, 1.165) is 4.90 Å². The third kappa shape index (κ3) is 2.01. The molecule has 0 aromatic carbocycles. The molecular formula is C6H10N4O3. The van der Waals surface area contributed by atoms with E-state index in [4.69, 9.17) is 14.7 Å². The molecule has 0 radical (unpaired) electrons. The van der Waals surface area contributed by atoms with Crippen molar-refractivity contribution in [3.8, 4) is 0 Å². The van der Waals surface area contributed by atoms with Gasteiger partial charge >= 0.3 is 6.09 Å². The zero-order valence-corrected chi connectivity index (χ0v) is 6.62. The van der Waals surface area contributed by atoms with E-state index in [1.807, 2.05) is 0 Å². The summed E-state index contributed by atoms with van der Waals surface area (Å²) in [5.74, 6) is 0. The fourth-order valence-corrected chi connectivity index (χ4v) is 1.21. The van der Waals surface area contributed by atoms with Crippen LogP contribution in [0.4, 0.5) is 4.79 Å². The monoisotopic (exact) mass is 189 g/mol. The van der Waals surface area contributed by atoms with Crippen LogP contribution in [0.25, 0.3) is 10.4 Å². The summed E-state index contributed by atoms with van der Waals surface area (Å²) in [7, 11) is -2.64. The number of azide groups is 1. The minimum absolute atomic E-state index is 0.0554. The van der Waals surface area contributed by atoms with Crippen LogP contribution < -0.4 is 0 Å². The Balaban J connectivity index is 2.73. The van der Waals surface area contributed by atoms with Crippen molar-refractivity contribution in [2.75, 3.05) is 20.1 Å². The molecule has 0 aliphatic carbocycles. The van der Waals surface area contributed by atoms with Crippen molar-refractivity contribution in [3.05, 3.63) is 10.4 Å². The summed E-state index contributed by atoms with van der Waals surface area (Å²) >= 11 is 0. The molecule has 13 heavy (non-hydrogen) atoms. The van der Waals surface area contributed by atoms with E-state index < -0.39 is 25.3 Å². The van der Waals surface area contributed by atoms with Crippen LogP contribution in [0.3, 0.4) is 0 Å². The van der Waals surface area contributed by atoms with E-state index in [-0.39, 0.29) is 13.1 Å². The maximum absolute atomic E-state index is 10.7. The molecule has 0 aromatic heterocycles. The fraction of sp³-hybridized carbons (Fsp3) is 0.833. The molecule has 0 bridgehead atoms. The van der Waals surface area contributed by atoms with Crippen molar-refractivity contribution in [1.29, 1.82) is 0 Å². The van der Waals surface area contributed by atoms with Crippen molar-refractivity contribution in [3.63, 3.8) is 0 Å². The molecule has 1 saturated heterocycles. The number of hydrogen-bond acceptors (Lipinski definition) is 3. The van der Waals surface area contributed by atoms with Crippen LogP contribution >= 0.6 is 0 Å². The van der Waals surface area contributed by atoms with Gasteiger partial charge in [-0.1, -0.05) is 5.11 Å². The van der Waals surface area contributed by atoms with Gasteiger partial charge in [0.05, 0.1) is 22.8 Å². The number of carbonyl (C=O) groups is 1. The van der Waals surface area contributed by atoms with E-state index in [9.17, 15) is 4.79 Å². The van der Waals surface area contributed by atoms with E-state index in [1.165, 1.54) is 0 Å². The molecule has 7 heteroatoms. The highest BCUT2D eigenvalue weighted by Crippen LogP contribution is 2.16. The molecule has 0 spiro atoms. The smallest absolute Gasteiger partial charge is 0.407 e. The number of hydrogen-bond donors (Lipinski definition) is 1. The lowest BCUT2D eigenvalue weighted by Gasteiger charge is -2.10. The van der Waals surface area contributed by atoms with Gasteiger partial charge in [-0.2, -0.15) is 0 Å². The number of amides is 1. The van der Waals surface area contributed by atoms with Gasteiger partial charge < -0.3 is 14.7 Å². The maximum Gasteiger partial charge on any atom is 0.407 e. The Kier molecular flexibility index (Phi) is 1.85. The zero-order chi connectivity index (χ0) is 12.3. The number of nitrogens with zero attached hydrogens (tertiary/aromatic N) is 4. The molecule has 1 N–H and O–H groups in total. The summed E-state index contributed by atoms with van der Waals surface area (Å²) in [6.07, 6.45) is -2.13. The Labute approximate surface area is 78.7 Å². The average molecular weight is 189 g/mol. The van der Waals surface area contributed by atoms with Crippen LogP contribution in [-0.4, -0.2) is 48.4 Å². The predicted octanol–water partition coefficient (Wildman–Crippen LogP) is 0.674. The molecule has 1 fully saturated rings. The highest BCUT2D eigenvalue weighted by atomic mass is 16.5. The van der Waals surface area contributed by atoms with Gasteiger partial charge in [-0.25, -0.2) is 4.79 Å². The van der Waals surface area contributed by atoms with E-state index in [0.29, 0.717) is 0 Å². The predicted molar refractivity (Wildman–Crippen MR) is 43.3 cm³/mol. The van der Waals surface area contributed by atoms with Gasteiger partial charge in [0.25, 0.3) is 0 Å². The highest BCUT2D eigenvalue weighted by Gasteiger charge is 2.34. The molecule has 2 atom stereocenters. The number of carboxylic acid groups (broad SMARTS) is 1. The molecule has 1 amide bonds. The first-order chi connectivity index (χ1) is 7.33. The summed E-state index contributed by atoms with van der Waals surface area (Å²) in [4.78, 5) is 14.1. The van der Waals surface area contributed by atoms with Gasteiger partial charge in [-0.3, -0.25) is 0 Å². The first-order valence-corrected chi connectivity index (χ1v) is 3.53. The summed E-state index contributed by atoms with van der Waals surface area (Å²) in [5.41, 5.74) is 8.26. The van der Waals surface area contributed by atoms with Crippen molar-refractivity contribution in [1.82, 2.24) is 4.90 Å². The molecule has 7 nitrogen and oxygen atoms in total. The fourth-order valence-electron chi connectivity index (χ4n) is 1.21. The van der Waals surface area contributed by atoms with Crippen LogP contribution in [0.2, 0.25) is 0 Å². The molecule has 1 rings (SSSR count). The molecule has 1 heterocycles. The maximum atomic E-state index is 10.7. The Morgan fingerprint density at radius 1 is 1.92 bits per heavy atom. The standard InChI is InChI=1S/C6H10N4O3/c1-13-5-3-10(6(11)12)2-4(5)8-9-7/h4-5H,2-3H2,1H3,(H,11,12)/t4-,5-/m0/s1/i1D3. The van der Waals surface area contributed by atoms with Gasteiger partial charge in [-0.05, 0) is 5.53 Å². The number of rotatable bonds is 2. The second kappa shape index (κ2) is 3.97. The Morgan fingerprint density at radius 2 is 2.69 bits per heavy atom. The van der Waals surface area contributed by atoms with E-state index in [2.05, 4.69) is 14.8 Å². The number of methoxy groups -OCH3 is 1. The topological polar surface area (TPSA) is 98.5 Å². The summed E-state index contributed by atoms with van der Waals surface area (Å²) < 4.78 is 25.4. The summed E-state index contributed by atoms with van der Waals surface area (Å²) in [6, 6.07) is -0.804. The average Bonchev–Trinajstić information content (AvgIpc) is 2.47. The van der Waals surface area contributed by atoms with E-state index in [1.54, 1.807) is 0 Å². The largest absolute Gasteiger partial charge is 0.465 e. The third-order valence-electron chi connectivity index (χ3n) is 1.86. The van der Waals surface area contributed by atoms with Gasteiger partial charge in [-0.15, -0.1) is 0 Å². The Hall–Kier alpha value is -1.46. The second-order valence-corrected chi connectivity index (χ2v) is 2.62. The first kappa shape index (κ1) is 6.06. The number of ether oxygens (including phenoxy) is 1. The molecular weight excluding hydrogens is 176 g/mol. The summed E-state index contributed by atoms with van der Waals surface area (Å²) in [6.45, 7) is -0.169. The minimum atomic E-state index is -2.64. The van der Waals surface area contributed by atoms with Gasteiger partial charge in [0.1, 0.15) is 0 Å². The van der Waals surface area contributed by atoms with Crippen molar-refractivity contribution in [2.45, 2.75) is 12.1 Å². The van der Waals surface area contributed by atoms with E-state index >= 15 is 0 Å². The quantitative estimate of drug-likeness (QED) is 0.392. The Morgan fingerprint density at radius 3 is 3.23 bits per heavy atom. The van der Waals surface area contributed by atoms with Crippen molar-refractivity contribution in [2.24, 2.45) is 5.11 Å². The van der Waals surface area contributed by atoms with Crippen LogP contribution in [0.5, 0.6) is 0 Å². The minimum Gasteiger partial charge on any atom is -0.465 e. The van der Waals surface area contributed by atoms with Gasteiger partial charge in [0.2, 0.25) is 0 Å². The molecule has 72 valence electrons. The van der Waals surface area contributed by atoms with Crippen LogP contribution in [0.1, 0.15) is 4.11 Å². The molecule has 1 aliphatic heterocycles. The Bertz CT molecular complexity index is 327. The van der Waals surface area contributed by atoms with Crippen LogP contribution in [0, 0.1) is 0 Å². The second-order valence-electron chi connectivity index (χ2n) is 2.62. The molecule has 1 aliphatic rings. The third-order valence-corrected chi connectivity index (χ3v) is 1.86. The highest BCUT2D eigenvalue weighted by molar-refractivity contribution is 5.65. The van der Waals surface area contributed by atoms with Crippen molar-refractivity contribution < 1.29 is 18.8 Å². The van der Waals surface area contributed by atoms with Crippen LogP contribution in [0.15, 0.2) is 5.11 Å². The first-order valence-electron chi connectivity index (χ1n) is 5.03. The zero-order valence-electron chi connectivity index (χ0n) is 9.62. The van der Waals surface area contributed by atoms with Crippen molar-refractivity contribution >= 4 is 6.09 Å². The lowest BCUT2D eigenvalue weighted by Crippen LogP contribution is -2.28. The lowest BCUT2D eigenvalue weighted by atomic mass is 10.2. The van der Waals surface area contributed by atoms with Gasteiger partial charge in [0, 0.05) is 18.5 Å². The van der Waals surface area contributed by atoms with Crippen LogP contribution in [-0.2, 0) is 4.74 Å². The SMILES string of the molecule is [2H]C([2H])([2H])O[C@H]1CN(C(=O)O)C[C@@H]1N=[N+]=[N-]. The molecule has 0 unspecified atom stereocenters. The molecule has 0 saturated carbocycles. The molecule has 0 aromatic rings. The lowest BCUT2D eigenvalue weighted by molar-refractivity contribution is 0.0955.